The number of hydrogen-bond acceptors (Lipinski definition) is 5. The third-order valence-corrected chi connectivity index (χ3v) is 4.83. The molecule has 0 spiro atoms. The van der Waals surface area contributed by atoms with Gasteiger partial charge in [0.15, 0.2) is 0 Å². The minimum absolute atomic E-state index is 0.365. The summed E-state index contributed by atoms with van der Waals surface area (Å²) in [6.07, 6.45) is 1.11. The van der Waals surface area contributed by atoms with Gasteiger partial charge in [-0.3, -0.25) is 4.79 Å². The van der Waals surface area contributed by atoms with E-state index in [0.29, 0.717) is 48.6 Å². The number of benzene rings is 1. The van der Waals surface area contributed by atoms with Gasteiger partial charge in [0.05, 0.1) is 24.6 Å². The lowest BCUT2D eigenvalue weighted by Gasteiger charge is -2.26. The molecule has 0 aliphatic carbocycles. The van der Waals surface area contributed by atoms with Gasteiger partial charge in [-0.15, -0.1) is 0 Å². The Balaban J connectivity index is 2.10. The first kappa shape index (κ1) is 19.7. The molecule has 0 saturated heterocycles. The summed E-state index contributed by atoms with van der Waals surface area (Å²) >= 11 is 0. The van der Waals surface area contributed by atoms with E-state index in [1.54, 1.807) is 24.3 Å². The van der Waals surface area contributed by atoms with Gasteiger partial charge in [-0.2, -0.15) is 0 Å². The van der Waals surface area contributed by atoms with Gasteiger partial charge in [0.1, 0.15) is 11.5 Å². The van der Waals surface area contributed by atoms with Gasteiger partial charge in [0, 0.05) is 12.1 Å². The SMILES string of the molecule is CCC(CC)(CNCc1ccc(-c2ccccc2C(=O)OC)o1)C(=O)O. The molecule has 1 heterocycles. The minimum Gasteiger partial charge on any atom is -0.481 e. The molecule has 0 amide bonds. The number of hydrogen-bond donors (Lipinski definition) is 2. The van der Waals surface area contributed by atoms with Crippen LogP contribution >= 0.6 is 0 Å². The van der Waals surface area contributed by atoms with E-state index in [4.69, 9.17) is 9.15 Å². The van der Waals surface area contributed by atoms with Crippen LogP contribution in [0, 0.1) is 5.41 Å². The van der Waals surface area contributed by atoms with E-state index in [0.717, 1.165) is 0 Å². The molecular weight excluding hydrogens is 334 g/mol. The molecule has 2 N–H and O–H groups in total. The Labute approximate surface area is 153 Å². The predicted octanol–water partition coefficient (Wildman–Crippen LogP) is 3.71. The highest BCUT2D eigenvalue weighted by atomic mass is 16.5. The zero-order chi connectivity index (χ0) is 19.2. The van der Waals surface area contributed by atoms with Crippen molar-refractivity contribution >= 4 is 11.9 Å². The van der Waals surface area contributed by atoms with E-state index in [-0.39, 0.29) is 0 Å². The lowest BCUT2D eigenvalue weighted by molar-refractivity contribution is -0.149. The molecule has 1 aromatic heterocycles. The maximum atomic E-state index is 11.9. The fourth-order valence-electron chi connectivity index (χ4n) is 2.91. The number of carboxylic acids is 1. The number of carboxylic acid groups (broad SMARTS) is 1. The summed E-state index contributed by atoms with van der Waals surface area (Å²) in [6, 6.07) is 10.7. The van der Waals surface area contributed by atoms with Crippen molar-refractivity contribution < 1.29 is 23.8 Å². The Morgan fingerprint density at radius 3 is 2.46 bits per heavy atom. The first-order valence-corrected chi connectivity index (χ1v) is 8.68. The van der Waals surface area contributed by atoms with Crippen LogP contribution in [0.3, 0.4) is 0 Å². The summed E-state index contributed by atoms with van der Waals surface area (Å²) in [5, 5.41) is 12.6. The van der Waals surface area contributed by atoms with Crippen molar-refractivity contribution in [3.8, 4) is 11.3 Å². The van der Waals surface area contributed by atoms with Gasteiger partial charge < -0.3 is 19.6 Å². The van der Waals surface area contributed by atoms with Crippen molar-refractivity contribution in [2.24, 2.45) is 5.41 Å². The van der Waals surface area contributed by atoms with Crippen LogP contribution in [0.25, 0.3) is 11.3 Å². The molecule has 1 aromatic carbocycles. The van der Waals surface area contributed by atoms with Crippen LogP contribution < -0.4 is 5.32 Å². The molecule has 0 unspecified atom stereocenters. The smallest absolute Gasteiger partial charge is 0.338 e. The normalized spacial score (nSPS) is 11.3. The lowest BCUT2D eigenvalue weighted by atomic mass is 9.82. The van der Waals surface area contributed by atoms with Crippen molar-refractivity contribution in [3.63, 3.8) is 0 Å². The highest BCUT2D eigenvalue weighted by Gasteiger charge is 2.34. The number of nitrogens with one attached hydrogen (secondary N) is 1. The Bertz CT molecular complexity index is 761. The number of carbonyl (C=O) groups excluding carboxylic acids is 1. The van der Waals surface area contributed by atoms with Crippen molar-refractivity contribution in [2.75, 3.05) is 13.7 Å². The molecule has 2 aromatic rings. The Morgan fingerprint density at radius 1 is 1.15 bits per heavy atom. The van der Waals surface area contributed by atoms with E-state index in [2.05, 4.69) is 5.32 Å². The van der Waals surface area contributed by atoms with Crippen LogP contribution in [-0.4, -0.2) is 30.7 Å². The zero-order valence-electron chi connectivity index (χ0n) is 15.4. The Kier molecular flexibility index (Phi) is 6.58. The first-order valence-electron chi connectivity index (χ1n) is 8.68. The summed E-state index contributed by atoms with van der Waals surface area (Å²) in [4.78, 5) is 23.4. The van der Waals surface area contributed by atoms with Gasteiger partial charge in [0.25, 0.3) is 0 Å². The molecule has 6 heteroatoms. The molecule has 6 nitrogen and oxygen atoms in total. The van der Waals surface area contributed by atoms with Crippen LogP contribution in [0.15, 0.2) is 40.8 Å². The second-order valence-corrected chi connectivity index (χ2v) is 6.20. The van der Waals surface area contributed by atoms with Crippen LogP contribution in [0.1, 0.15) is 42.8 Å². The summed E-state index contributed by atoms with van der Waals surface area (Å²) < 4.78 is 10.6. The molecule has 0 radical (unpaired) electrons. The standard InChI is InChI=1S/C20H25NO5/c1-4-20(5-2,19(23)24)13-21-12-14-10-11-17(26-14)15-8-6-7-9-16(15)18(22)25-3/h6-11,21H,4-5,12-13H2,1-3H3,(H,23,24). The van der Waals surface area contributed by atoms with Gasteiger partial charge in [-0.1, -0.05) is 32.0 Å². The third kappa shape index (κ3) is 4.14. The molecule has 26 heavy (non-hydrogen) atoms. The second-order valence-electron chi connectivity index (χ2n) is 6.20. The summed E-state index contributed by atoms with van der Waals surface area (Å²) in [5.41, 5.74) is 0.325. The van der Waals surface area contributed by atoms with E-state index in [1.165, 1.54) is 7.11 Å². The number of esters is 1. The molecule has 0 atom stereocenters. The van der Waals surface area contributed by atoms with Gasteiger partial charge in [0.2, 0.25) is 0 Å². The predicted molar refractivity (Wildman–Crippen MR) is 97.8 cm³/mol. The summed E-state index contributed by atoms with van der Waals surface area (Å²) in [5.74, 6) is 0.0281. The van der Waals surface area contributed by atoms with Gasteiger partial charge >= 0.3 is 11.9 Å². The number of carbonyl (C=O) groups is 2. The summed E-state index contributed by atoms with van der Waals surface area (Å²) in [7, 11) is 1.34. The summed E-state index contributed by atoms with van der Waals surface area (Å²) in [6.45, 7) is 4.54. The Hall–Kier alpha value is -2.60. The van der Waals surface area contributed by atoms with Crippen molar-refractivity contribution in [1.29, 1.82) is 0 Å². The van der Waals surface area contributed by atoms with Crippen molar-refractivity contribution in [1.82, 2.24) is 5.32 Å². The van der Waals surface area contributed by atoms with E-state index in [9.17, 15) is 14.7 Å². The third-order valence-electron chi connectivity index (χ3n) is 4.83. The molecule has 0 bridgehead atoms. The second kappa shape index (κ2) is 8.67. The number of furan rings is 1. The van der Waals surface area contributed by atoms with E-state index in [1.807, 2.05) is 26.0 Å². The van der Waals surface area contributed by atoms with Gasteiger partial charge in [-0.05, 0) is 31.0 Å². The molecule has 0 aliphatic rings. The molecule has 2 rings (SSSR count). The number of ether oxygens (including phenoxy) is 1. The molecule has 0 fully saturated rings. The highest BCUT2D eigenvalue weighted by Crippen LogP contribution is 2.28. The van der Waals surface area contributed by atoms with Crippen LogP contribution in [0.5, 0.6) is 0 Å². The average Bonchev–Trinajstić information content (AvgIpc) is 3.13. The van der Waals surface area contributed by atoms with Crippen LogP contribution in [0.2, 0.25) is 0 Å². The molecule has 0 saturated carbocycles. The van der Waals surface area contributed by atoms with Crippen LogP contribution in [-0.2, 0) is 16.1 Å². The first-order chi connectivity index (χ1) is 12.5. The lowest BCUT2D eigenvalue weighted by Crippen LogP contribution is -2.39. The number of rotatable bonds is 9. The number of methoxy groups -OCH3 is 1. The molecule has 140 valence electrons. The Morgan fingerprint density at radius 2 is 1.85 bits per heavy atom. The zero-order valence-corrected chi connectivity index (χ0v) is 15.4. The average molecular weight is 359 g/mol. The maximum Gasteiger partial charge on any atom is 0.338 e. The molecule has 0 aliphatic heterocycles. The highest BCUT2D eigenvalue weighted by molar-refractivity contribution is 5.96. The van der Waals surface area contributed by atoms with E-state index < -0.39 is 17.4 Å². The quantitative estimate of drug-likeness (QED) is 0.664. The van der Waals surface area contributed by atoms with Crippen LogP contribution in [0.4, 0.5) is 0 Å². The maximum absolute atomic E-state index is 11.9. The fourth-order valence-corrected chi connectivity index (χ4v) is 2.91. The minimum atomic E-state index is -0.790. The monoisotopic (exact) mass is 359 g/mol. The molecular formula is C20H25NO5. The van der Waals surface area contributed by atoms with E-state index >= 15 is 0 Å². The largest absolute Gasteiger partial charge is 0.481 e. The van der Waals surface area contributed by atoms with Crippen molar-refractivity contribution in [3.05, 3.63) is 47.7 Å². The fraction of sp³-hybridized carbons (Fsp3) is 0.400. The van der Waals surface area contributed by atoms with Gasteiger partial charge in [-0.25, -0.2) is 4.79 Å². The topological polar surface area (TPSA) is 88.8 Å². The number of aliphatic carboxylic acids is 1. The van der Waals surface area contributed by atoms with Crippen molar-refractivity contribution in [2.45, 2.75) is 33.2 Å².